The molecule has 32 heavy (non-hydrogen) atoms. The number of nitrogens with two attached hydrogens (primary N) is 3. The Hall–Kier alpha value is -2.97. The molecule has 3 amide bonds. The molecular weight excluding hydrogens is 426 g/mol. The molecule has 0 spiro atoms. The van der Waals surface area contributed by atoms with Crippen molar-refractivity contribution in [3.8, 4) is 0 Å². The number of aliphatic imine (C=N–C) groups is 1. The van der Waals surface area contributed by atoms with Crippen LogP contribution in [0.5, 0.6) is 0 Å². The Labute approximate surface area is 186 Å². The molecule has 0 aromatic carbocycles. The lowest BCUT2D eigenvalue weighted by atomic mass is 10.0. The molecule has 5 atom stereocenters. The second-order valence-electron chi connectivity index (χ2n) is 7.59. The average Bonchev–Trinajstić information content (AvgIpc) is 2.70. The maximum Gasteiger partial charge on any atom is 0.326 e. The second-order valence-corrected chi connectivity index (χ2v) is 7.59. The van der Waals surface area contributed by atoms with Crippen molar-refractivity contribution in [3.05, 3.63) is 0 Å². The molecule has 0 saturated heterocycles. The molecule has 0 radical (unpaired) electrons. The van der Waals surface area contributed by atoms with Crippen molar-refractivity contribution < 1.29 is 34.5 Å². The van der Waals surface area contributed by atoms with Crippen molar-refractivity contribution in [3.63, 3.8) is 0 Å². The highest BCUT2D eigenvalue weighted by Gasteiger charge is 2.33. The average molecular weight is 462 g/mol. The number of carboxylic acid groups (broad SMARTS) is 1. The van der Waals surface area contributed by atoms with Gasteiger partial charge in [-0.05, 0) is 25.7 Å². The molecule has 0 aliphatic carbocycles. The number of aliphatic carboxylic acids is 1. The molecule has 0 fully saturated rings. The highest BCUT2D eigenvalue weighted by atomic mass is 16.4. The van der Waals surface area contributed by atoms with Crippen LogP contribution in [0, 0.1) is 5.92 Å². The van der Waals surface area contributed by atoms with Crippen LogP contribution >= 0.6 is 0 Å². The third-order valence-corrected chi connectivity index (χ3v) is 4.40. The van der Waals surface area contributed by atoms with E-state index in [0.717, 1.165) is 0 Å². The number of hydrogen-bond donors (Lipinski definition) is 9. The Morgan fingerprint density at radius 2 is 1.47 bits per heavy atom. The molecule has 0 aromatic rings. The monoisotopic (exact) mass is 461 g/mol. The lowest BCUT2D eigenvalue weighted by molar-refractivity contribution is -0.143. The van der Waals surface area contributed by atoms with E-state index in [1.807, 2.05) is 0 Å². The van der Waals surface area contributed by atoms with E-state index in [4.69, 9.17) is 22.3 Å². The molecule has 0 bridgehead atoms. The van der Waals surface area contributed by atoms with E-state index in [-0.39, 0.29) is 25.3 Å². The van der Waals surface area contributed by atoms with Crippen LogP contribution in [0.4, 0.5) is 0 Å². The van der Waals surface area contributed by atoms with Gasteiger partial charge in [0.2, 0.25) is 17.7 Å². The molecule has 0 rings (SSSR count). The number of hydrogen-bond acceptors (Lipinski definition) is 8. The van der Waals surface area contributed by atoms with E-state index >= 15 is 0 Å². The first-order chi connectivity index (χ1) is 14.8. The van der Waals surface area contributed by atoms with Gasteiger partial charge in [-0.2, -0.15) is 0 Å². The Kier molecular flexibility index (Phi) is 12.8. The van der Waals surface area contributed by atoms with E-state index in [2.05, 4.69) is 20.9 Å². The topological polar surface area (TPSA) is 255 Å². The number of nitrogens with zero attached hydrogens (tertiary/aromatic N) is 1. The van der Waals surface area contributed by atoms with Gasteiger partial charge in [-0.15, -0.1) is 0 Å². The zero-order chi connectivity index (χ0) is 25.0. The van der Waals surface area contributed by atoms with Crippen LogP contribution in [-0.2, 0) is 19.2 Å². The van der Waals surface area contributed by atoms with Crippen LogP contribution in [0.25, 0.3) is 0 Å². The fourth-order valence-electron chi connectivity index (χ4n) is 2.55. The minimum absolute atomic E-state index is 0.00204. The molecule has 0 aromatic heterocycles. The normalized spacial score (nSPS) is 15.6. The number of carbonyl (C=O) groups is 4. The van der Waals surface area contributed by atoms with Crippen LogP contribution in [0.2, 0.25) is 0 Å². The zero-order valence-electron chi connectivity index (χ0n) is 18.4. The summed E-state index contributed by atoms with van der Waals surface area (Å²) in [5.41, 5.74) is 15.8. The molecule has 0 saturated carbocycles. The lowest BCUT2D eigenvalue weighted by Gasteiger charge is -2.28. The second kappa shape index (κ2) is 14.2. The number of aliphatic hydroxyl groups is 2. The van der Waals surface area contributed by atoms with E-state index < -0.39 is 66.5 Å². The number of carboxylic acids is 1. The highest BCUT2D eigenvalue weighted by molar-refractivity contribution is 5.94. The molecular formula is C18H35N7O7. The minimum Gasteiger partial charge on any atom is -0.480 e. The van der Waals surface area contributed by atoms with E-state index in [1.165, 1.54) is 6.92 Å². The zero-order valence-corrected chi connectivity index (χ0v) is 18.4. The fraction of sp³-hybridized carbons (Fsp3) is 0.722. The number of carbonyl (C=O) groups excluding carboxylic acids is 3. The van der Waals surface area contributed by atoms with Crippen molar-refractivity contribution >= 4 is 29.7 Å². The van der Waals surface area contributed by atoms with Crippen LogP contribution in [0.3, 0.4) is 0 Å². The fourth-order valence-corrected chi connectivity index (χ4v) is 2.55. The summed E-state index contributed by atoms with van der Waals surface area (Å²) in [7, 11) is 0. The summed E-state index contributed by atoms with van der Waals surface area (Å²) in [4.78, 5) is 52.4. The first kappa shape index (κ1) is 29.0. The van der Waals surface area contributed by atoms with Crippen LogP contribution in [0.15, 0.2) is 4.99 Å². The molecule has 14 nitrogen and oxygen atoms in total. The molecule has 12 N–H and O–H groups in total. The third kappa shape index (κ3) is 10.4. The van der Waals surface area contributed by atoms with E-state index in [9.17, 15) is 29.4 Å². The van der Waals surface area contributed by atoms with Gasteiger partial charge in [-0.25, -0.2) is 4.79 Å². The van der Waals surface area contributed by atoms with Crippen LogP contribution in [0.1, 0.15) is 33.6 Å². The molecule has 0 aliphatic heterocycles. The summed E-state index contributed by atoms with van der Waals surface area (Å²) in [6, 6.07) is -5.16. The molecule has 184 valence electrons. The van der Waals surface area contributed by atoms with Crippen LogP contribution < -0.4 is 33.2 Å². The minimum atomic E-state index is -1.49. The summed E-state index contributed by atoms with van der Waals surface area (Å²) in [6.45, 7) is 4.03. The maximum atomic E-state index is 12.7. The number of amides is 3. The van der Waals surface area contributed by atoms with Gasteiger partial charge in [0.15, 0.2) is 5.96 Å². The van der Waals surface area contributed by atoms with Gasteiger partial charge < -0.3 is 48.5 Å². The summed E-state index contributed by atoms with van der Waals surface area (Å²) in [6.07, 6.45) is -1.12. The Morgan fingerprint density at radius 3 is 1.91 bits per heavy atom. The highest BCUT2D eigenvalue weighted by Crippen LogP contribution is 2.06. The van der Waals surface area contributed by atoms with Gasteiger partial charge in [-0.1, -0.05) is 13.8 Å². The Morgan fingerprint density at radius 1 is 0.938 bits per heavy atom. The van der Waals surface area contributed by atoms with Crippen molar-refractivity contribution in [2.75, 3.05) is 13.2 Å². The largest absolute Gasteiger partial charge is 0.480 e. The summed E-state index contributed by atoms with van der Waals surface area (Å²) < 4.78 is 0. The SMILES string of the molecule is CC(C)[C@H](NC(=O)[C@@H](N)CO)C(=O)N[C@H](C(=O)N[C@@H](CCCN=C(N)N)C(=O)O)[C@@H](C)O. The quantitative estimate of drug-likeness (QED) is 0.0686. The predicted octanol–water partition coefficient (Wildman–Crippen LogP) is -4.06. The van der Waals surface area contributed by atoms with Gasteiger partial charge in [0.25, 0.3) is 0 Å². The number of aliphatic hydroxyl groups excluding tert-OH is 2. The van der Waals surface area contributed by atoms with E-state index in [1.54, 1.807) is 13.8 Å². The first-order valence-electron chi connectivity index (χ1n) is 10.1. The number of rotatable bonds is 14. The Balaban J connectivity index is 5.26. The summed E-state index contributed by atoms with van der Waals surface area (Å²) >= 11 is 0. The van der Waals surface area contributed by atoms with Crippen molar-refractivity contribution in [2.45, 2.75) is 63.9 Å². The van der Waals surface area contributed by atoms with Crippen molar-refractivity contribution in [2.24, 2.45) is 28.1 Å². The van der Waals surface area contributed by atoms with Crippen molar-refractivity contribution in [1.82, 2.24) is 16.0 Å². The van der Waals surface area contributed by atoms with E-state index in [0.29, 0.717) is 0 Å². The summed E-state index contributed by atoms with van der Waals surface area (Å²) in [5.74, 6) is -4.38. The lowest BCUT2D eigenvalue weighted by Crippen LogP contribution is -2.61. The number of nitrogens with one attached hydrogen (secondary N) is 3. The smallest absolute Gasteiger partial charge is 0.326 e. The van der Waals surface area contributed by atoms with Crippen molar-refractivity contribution in [1.29, 1.82) is 0 Å². The molecule has 0 unspecified atom stereocenters. The van der Waals surface area contributed by atoms with Gasteiger partial charge in [0.05, 0.1) is 12.7 Å². The van der Waals surface area contributed by atoms with Gasteiger partial charge in [0, 0.05) is 6.54 Å². The first-order valence-corrected chi connectivity index (χ1v) is 10.1. The predicted molar refractivity (Wildman–Crippen MR) is 115 cm³/mol. The molecule has 0 heterocycles. The number of guanidine groups is 1. The molecule has 0 aliphatic rings. The molecule has 14 heteroatoms. The van der Waals surface area contributed by atoms with Gasteiger partial charge in [-0.3, -0.25) is 19.4 Å². The standard InChI is InChI=1S/C18H35N7O7/c1-8(2)12(24-14(28)10(19)7-26)15(29)25-13(9(3)27)16(30)23-11(17(31)32)5-4-6-22-18(20)21/h8-13,26-27H,4-7,19H2,1-3H3,(H,23,30)(H,24,28)(H,25,29)(H,31,32)(H4,20,21,22)/t9-,10+,11+,12+,13+/m1/s1. The summed E-state index contributed by atoms with van der Waals surface area (Å²) in [5, 5.41) is 35.3. The third-order valence-electron chi connectivity index (χ3n) is 4.40. The van der Waals surface area contributed by atoms with Gasteiger partial charge in [0.1, 0.15) is 24.2 Å². The maximum absolute atomic E-state index is 12.7. The van der Waals surface area contributed by atoms with Gasteiger partial charge >= 0.3 is 5.97 Å². The van der Waals surface area contributed by atoms with Crippen LogP contribution in [-0.4, -0.2) is 88.4 Å². The Bertz CT molecular complexity index is 681.